The number of hydrogen-bond acceptors (Lipinski definition) is 4. The summed E-state index contributed by atoms with van der Waals surface area (Å²) in [4.78, 5) is 28.7. The van der Waals surface area contributed by atoms with Crippen LogP contribution in [0.15, 0.2) is 30.6 Å². The average molecular weight is 459 g/mol. The maximum absolute atomic E-state index is 13.5. The van der Waals surface area contributed by atoms with Crippen LogP contribution in [0.4, 0.5) is 25.0 Å². The molecule has 3 aliphatic rings. The van der Waals surface area contributed by atoms with E-state index in [1.165, 1.54) is 11.8 Å². The lowest BCUT2D eigenvalue weighted by molar-refractivity contribution is -0.117. The van der Waals surface area contributed by atoms with E-state index in [9.17, 15) is 18.4 Å². The molecule has 0 saturated heterocycles. The van der Waals surface area contributed by atoms with Crippen LogP contribution in [0.2, 0.25) is 0 Å². The van der Waals surface area contributed by atoms with E-state index in [0.717, 1.165) is 24.0 Å². The predicted octanol–water partition coefficient (Wildman–Crippen LogP) is 5.16. The van der Waals surface area contributed by atoms with Gasteiger partial charge in [-0.2, -0.15) is 5.10 Å². The van der Waals surface area contributed by atoms with Gasteiger partial charge in [-0.1, -0.05) is 6.07 Å². The van der Waals surface area contributed by atoms with Crippen LogP contribution >= 0.6 is 0 Å². The molecule has 2 heterocycles. The second-order valence-corrected chi connectivity index (χ2v) is 9.43. The van der Waals surface area contributed by atoms with Gasteiger partial charge in [0.15, 0.2) is 0 Å². The van der Waals surface area contributed by atoms with Crippen LogP contribution < -0.4 is 9.80 Å². The minimum Gasteiger partial charge on any atom is -0.446 e. The normalized spacial score (nSPS) is 22.7. The molecule has 5 rings (SSSR count). The van der Waals surface area contributed by atoms with Gasteiger partial charge >= 0.3 is 6.09 Å². The number of hydrogen-bond donors (Lipinski definition) is 0. The number of amides is 2. The van der Waals surface area contributed by atoms with Crippen molar-refractivity contribution in [1.29, 1.82) is 0 Å². The number of ether oxygens (including phenoxy) is 1. The van der Waals surface area contributed by atoms with E-state index in [2.05, 4.69) is 5.10 Å². The molecule has 1 atom stereocenters. The number of rotatable bonds is 3. The summed E-state index contributed by atoms with van der Waals surface area (Å²) in [6, 6.07) is 5.86. The summed E-state index contributed by atoms with van der Waals surface area (Å²) in [6.45, 7) is 3.64. The summed E-state index contributed by atoms with van der Waals surface area (Å²) in [5, 5.41) is 4.45. The van der Waals surface area contributed by atoms with Crippen LogP contribution in [0, 0.1) is 0 Å². The van der Waals surface area contributed by atoms with Crippen molar-refractivity contribution in [1.82, 2.24) is 9.78 Å². The first kappa shape index (κ1) is 21.9. The van der Waals surface area contributed by atoms with E-state index in [1.54, 1.807) is 11.1 Å². The molecule has 33 heavy (non-hydrogen) atoms. The fourth-order valence-corrected chi connectivity index (χ4v) is 4.82. The molecule has 1 aliphatic heterocycles. The summed E-state index contributed by atoms with van der Waals surface area (Å²) in [7, 11) is 0. The Morgan fingerprint density at radius 2 is 1.82 bits per heavy atom. The molecular formula is C24H28F2N4O3. The highest BCUT2D eigenvalue weighted by Gasteiger charge is 2.39. The van der Waals surface area contributed by atoms with Gasteiger partial charge in [0.2, 0.25) is 11.8 Å². The van der Waals surface area contributed by atoms with Gasteiger partial charge in [0.25, 0.3) is 0 Å². The van der Waals surface area contributed by atoms with Crippen molar-refractivity contribution in [2.75, 3.05) is 16.3 Å². The first-order chi connectivity index (χ1) is 15.7. The van der Waals surface area contributed by atoms with Crippen molar-refractivity contribution in [3.8, 4) is 11.1 Å². The highest BCUT2D eigenvalue weighted by Crippen LogP contribution is 2.41. The molecule has 2 amide bonds. The molecule has 0 N–H and O–H groups in total. The molecule has 2 fully saturated rings. The topological polar surface area (TPSA) is 67.7 Å². The molecule has 0 spiro atoms. The Balaban J connectivity index is 1.44. The largest absolute Gasteiger partial charge is 0.446 e. The molecule has 176 valence electrons. The number of alkyl halides is 2. The van der Waals surface area contributed by atoms with Gasteiger partial charge < -0.3 is 9.64 Å². The van der Waals surface area contributed by atoms with Crippen LogP contribution in [0.25, 0.3) is 11.1 Å². The maximum Gasteiger partial charge on any atom is 0.414 e. The highest BCUT2D eigenvalue weighted by atomic mass is 19.3. The standard InChI is InChI=1S/C24H28F2N4O3/c1-15-13-28(23(32)33-20-7-9-24(25,26)10-8-20)22-11-17(3-6-21(22)30(15)16(2)31)18-12-27-29(14-18)19-4-5-19/h3,6,11-12,14-15,19-20H,4-5,7-10,13H2,1-2H3. The van der Waals surface area contributed by atoms with Gasteiger partial charge in [-0.3, -0.25) is 14.4 Å². The monoisotopic (exact) mass is 458 g/mol. The number of benzene rings is 1. The SMILES string of the molecule is CC(=O)N1c2ccc(-c3cnn(C4CC4)c3)cc2N(C(=O)OC2CCC(F)(F)CC2)CC1C. The number of anilines is 2. The number of carbonyl (C=O) groups excluding carboxylic acids is 2. The van der Waals surface area contributed by atoms with Gasteiger partial charge in [0, 0.05) is 38.1 Å². The van der Waals surface area contributed by atoms with Crippen molar-refractivity contribution < 1.29 is 23.1 Å². The van der Waals surface area contributed by atoms with Crippen molar-refractivity contribution >= 4 is 23.4 Å². The van der Waals surface area contributed by atoms with E-state index < -0.39 is 18.1 Å². The number of nitrogens with zero attached hydrogens (tertiary/aromatic N) is 4. The molecule has 0 bridgehead atoms. The van der Waals surface area contributed by atoms with E-state index in [4.69, 9.17) is 4.74 Å². The third-order valence-corrected chi connectivity index (χ3v) is 6.76. The molecule has 2 aromatic rings. The van der Waals surface area contributed by atoms with Crippen LogP contribution in [0.5, 0.6) is 0 Å². The number of halogens is 2. The first-order valence-electron chi connectivity index (χ1n) is 11.6. The predicted molar refractivity (Wildman–Crippen MR) is 120 cm³/mol. The summed E-state index contributed by atoms with van der Waals surface area (Å²) in [6.07, 6.45) is 4.72. The molecule has 2 aliphatic carbocycles. The number of aromatic nitrogens is 2. The van der Waals surface area contributed by atoms with Crippen molar-refractivity contribution in [2.45, 2.75) is 76.5 Å². The average Bonchev–Trinajstić information content (AvgIpc) is 3.50. The van der Waals surface area contributed by atoms with E-state index in [0.29, 0.717) is 17.4 Å². The highest BCUT2D eigenvalue weighted by molar-refractivity contribution is 6.03. The van der Waals surface area contributed by atoms with Gasteiger partial charge in [-0.25, -0.2) is 13.6 Å². The summed E-state index contributed by atoms with van der Waals surface area (Å²) < 4.78 is 34.6. The molecule has 2 saturated carbocycles. The van der Waals surface area contributed by atoms with Crippen LogP contribution in [0.1, 0.15) is 58.4 Å². The molecule has 1 aromatic carbocycles. The fourth-order valence-electron chi connectivity index (χ4n) is 4.82. The summed E-state index contributed by atoms with van der Waals surface area (Å²) in [5.41, 5.74) is 3.02. The van der Waals surface area contributed by atoms with Gasteiger partial charge in [-0.15, -0.1) is 0 Å². The summed E-state index contributed by atoms with van der Waals surface area (Å²) >= 11 is 0. The molecule has 7 nitrogen and oxygen atoms in total. The smallest absolute Gasteiger partial charge is 0.414 e. The van der Waals surface area contributed by atoms with E-state index >= 15 is 0 Å². The summed E-state index contributed by atoms with van der Waals surface area (Å²) in [5.74, 6) is -2.79. The van der Waals surface area contributed by atoms with E-state index in [1.807, 2.05) is 36.0 Å². The van der Waals surface area contributed by atoms with Gasteiger partial charge in [0.1, 0.15) is 6.10 Å². The first-order valence-corrected chi connectivity index (χ1v) is 11.6. The van der Waals surface area contributed by atoms with Gasteiger partial charge in [0.05, 0.1) is 29.7 Å². The molecule has 1 aromatic heterocycles. The maximum atomic E-state index is 13.5. The Labute approximate surface area is 191 Å². The molecule has 1 unspecified atom stereocenters. The minimum atomic E-state index is -2.68. The zero-order chi connectivity index (χ0) is 23.3. The van der Waals surface area contributed by atoms with E-state index in [-0.39, 0.29) is 44.2 Å². The third-order valence-electron chi connectivity index (χ3n) is 6.76. The zero-order valence-corrected chi connectivity index (χ0v) is 18.8. The van der Waals surface area contributed by atoms with Crippen LogP contribution in [-0.2, 0) is 9.53 Å². The molecule has 0 radical (unpaired) electrons. The Hall–Kier alpha value is -2.97. The van der Waals surface area contributed by atoms with Crippen LogP contribution in [-0.4, -0.2) is 46.4 Å². The lowest BCUT2D eigenvalue weighted by atomic mass is 9.94. The zero-order valence-electron chi connectivity index (χ0n) is 18.8. The van der Waals surface area contributed by atoms with Gasteiger partial charge in [-0.05, 0) is 50.3 Å². The van der Waals surface area contributed by atoms with Crippen molar-refractivity contribution in [3.63, 3.8) is 0 Å². The number of fused-ring (bicyclic) bond motifs is 1. The van der Waals surface area contributed by atoms with Crippen molar-refractivity contribution in [2.24, 2.45) is 0 Å². The lowest BCUT2D eigenvalue weighted by Gasteiger charge is -2.41. The Bertz CT molecular complexity index is 1070. The number of carbonyl (C=O) groups is 2. The third kappa shape index (κ3) is 4.32. The second kappa shape index (κ2) is 8.11. The minimum absolute atomic E-state index is 0.111. The lowest BCUT2D eigenvalue weighted by Crippen LogP contribution is -2.52. The Morgan fingerprint density at radius 3 is 2.48 bits per heavy atom. The fraction of sp³-hybridized carbons (Fsp3) is 0.542. The quantitative estimate of drug-likeness (QED) is 0.637. The Morgan fingerprint density at radius 1 is 1.09 bits per heavy atom. The molecular weight excluding hydrogens is 430 g/mol. The Kier molecular flexibility index (Phi) is 5.37. The second-order valence-electron chi connectivity index (χ2n) is 9.43. The van der Waals surface area contributed by atoms with Crippen LogP contribution in [0.3, 0.4) is 0 Å². The van der Waals surface area contributed by atoms with Crippen molar-refractivity contribution in [3.05, 3.63) is 30.6 Å². The molecule has 9 heteroatoms.